The number of hydrogen-bond donors (Lipinski definition) is 2. The third-order valence-electron chi connectivity index (χ3n) is 4.73. The molecule has 2 N–H and O–H groups in total. The quantitative estimate of drug-likeness (QED) is 0.828. The first-order valence-electron chi connectivity index (χ1n) is 8.58. The van der Waals surface area contributed by atoms with E-state index in [4.69, 9.17) is 0 Å². The molecule has 22 heavy (non-hydrogen) atoms. The number of carbonyl (C=O) groups excluding carboxylic acids is 1. The van der Waals surface area contributed by atoms with Gasteiger partial charge in [-0.05, 0) is 58.1 Å². The Morgan fingerprint density at radius 3 is 2.55 bits per heavy atom. The van der Waals surface area contributed by atoms with Crippen molar-refractivity contribution in [1.29, 1.82) is 0 Å². The van der Waals surface area contributed by atoms with Crippen LogP contribution in [0.15, 0.2) is 6.07 Å². The van der Waals surface area contributed by atoms with Gasteiger partial charge in [0.15, 0.2) is 0 Å². The fourth-order valence-electron chi connectivity index (χ4n) is 3.41. The van der Waals surface area contributed by atoms with Crippen LogP contribution in [0.1, 0.15) is 67.3 Å². The molecule has 124 valence electrons. The molecule has 1 aliphatic carbocycles. The first kappa shape index (κ1) is 17.5. The highest BCUT2D eigenvalue weighted by atomic mass is 32.1. The number of rotatable bonds is 6. The van der Waals surface area contributed by atoms with Gasteiger partial charge in [0.25, 0.3) is 0 Å². The number of nitrogens with one attached hydrogen (secondary N) is 2. The van der Waals surface area contributed by atoms with Gasteiger partial charge in [-0.25, -0.2) is 0 Å². The molecule has 1 aromatic rings. The van der Waals surface area contributed by atoms with Gasteiger partial charge in [0.05, 0.1) is 6.04 Å². The maximum Gasteiger partial charge on any atom is 0.236 e. The summed E-state index contributed by atoms with van der Waals surface area (Å²) in [7, 11) is 0. The first-order valence-corrected chi connectivity index (χ1v) is 9.39. The van der Waals surface area contributed by atoms with Gasteiger partial charge in [-0.15, -0.1) is 11.3 Å². The highest BCUT2D eigenvalue weighted by Crippen LogP contribution is 2.26. The van der Waals surface area contributed by atoms with Crippen LogP contribution in [-0.4, -0.2) is 18.5 Å². The van der Waals surface area contributed by atoms with Crippen molar-refractivity contribution in [3.05, 3.63) is 21.4 Å². The summed E-state index contributed by atoms with van der Waals surface area (Å²) in [6, 6.07) is 2.28. The highest BCUT2D eigenvalue weighted by molar-refractivity contribution is 7.12. The molecule has 0 saturated heterocycles. The summed E-state index contributed by atoms with van der Waals surface area (Å²) < 4.78 is 0. The molecule has 1 aliphatic rings. The Kier molecular flexibility index (Phi) is 6.45. The van der Waals surface area contributed by atoms with E-state index in [1.165, 1.54) is 47.4 Å². The minimum atomic E-state index is -0.154. The predicted octanol–water partition coefficient (Wildman–Crippen LogP) is 4.10. The van der Waals surface area contributed by atoms with E-state index in [1.54, 1.807) is 0 Å². The fraction of sp³-hybridized carbons (Fsp3) is 0.722. The largest absolute Gasteiger partial charge is 0.354 e. The van der Waals surface area contributed by atoms with Crippen molar-refractivity contribution in [1.82, 2.24) is 10.6 Å². The second-order valence-corrected chi connectivity index (χ2v) is 8.19. The van der Waals surface area contributed by atoms with Gasteiger partial charge in [-0.1, -0.05) is 19.3 Å². The second kappa shape index (κ2) is 8.11. The van der Waals surface area contributed by atoms with Crippen LogP contribution >= 0.6 is 11.3 Å². The molecule has 0 radical (unpaired) electrons. The molecule has 2 unspecified atom stereocenters. The van der Waals surface area contributed by atoms with Crippen molar-refractivity contribution in [2.75, 3.05) is 6.54 Å². The van der Waals surface area contributed by atoms with E-state index in [2.05, 4.69) is 37.5 Å². The van der Waals surface area contributed by atoms with Gasteiger partial charge in [0, 0.05) is 22.3 Å². The van der Waals surface area contributed by atoms with Gasteiger partial charge in [-0.3, -0.25) is 10.1 Å². The predicted molar refractivity (Wildman–Crippen MR) is 94.4 cm³/mol. The lowest BCUT2D eigenvalue weighted by Crippen LogP contribution is -2.44. The molecule has 0 bridgehead atoms. The molecule has 0 spiro atoms. The monoisotopic (exact) mass is 322 g/mol. The number of amides is 1. The van der Waals surface area contributed by atoms with E-state index < -0.39 is 0 Å². The third kappa shape index (κ3) is 4.82. The van der Waals surface area contributed by atoms with Crippen molar-refractivity contribution >= 4 is 17.2 Å². The molecule has 4 heteroatoms. The molecule has 2 rings (SSSR count). The Morgan fingerprint density at radius 2 is 1.95 bits per heavy atom. The van der Waals surface area contributed by atoms with Crippen molar-refractivity contribution < 1.29 is 4.79 Å². The Bertz CT molecular complexity index is 491. The van der Waals surface area contributed by atoms with E-state index in [-0.39, 0.29) is 18.0 Å². The van der Waals surface area contributed by atoms with Gasteiger partial charge >= 0.3 is 0 Å². The molecule has 1 amide bonds. The fourth-order valence-corrected chi connectivity index (χ4v) is 4.43. The molecule has 3 nitrogen and oxygen atoms in total. The summed E-state index contributed by atoms with van der Waals surface area (Å²) in [5.74, 6) is 0.811. The smallest absolute Gasteiger partial charge is 0.236 e. The lowest BCUT2D eigenvalue weighted by Gasteiger charge is -2.24. The van der Waals surface area contributed by atoms with Crippen LogP contribution in [0.5, 0.6) is 0 Å². The number of aryl methyl sites for hydroxylation is 2. The second-order valence-electron chi connectivity index (χ2n) is 6.73. The summed E-state index contributed by atoms with van der Waals surface area (Å²) >= 11 is 1.82. The van der Waals surface area contributed by atoms with Crippen LogP contribution in [0.25, 0.3) is 0 Å². The van der Waals surface area contributed by atoms with Crippen molar-refractivity contribution in [2.24, 2.45) is 5.92 Å². The van der Waals surface area contributed by atoms with Crippen molar-refractivity contribution in [3.8, 4) is 0 Å². The Balaban J connectivity index is 1.79. The molecule has 1 aromatic heterocycles. The minimum Gasteiger partial charge on any atom is -0.354 e. The molecule has 1 fully saturated rings. The van der Waals surface area contributed by atoms with E-state index >= 15 is 0 Å². The molecular formula is C18H30N2OS. The van der Waals surface area contributed by atoms with Crippen molar-refractivity contribution in [3.63, 3.8) is 0 Å². The van der Waals surface area contributed by atoms with Crippen LogP contribution in [0.3, 0.4) is 0 Å². The van der Waals surface area contributed by atoms with Gasteiger partial charge in [-0.2, -0.15) is 0 Å². The topological polar surface area (TPSA) is 41.1 Å². The van der Waals surface area contributed by atoms with Gasteiger partial charge < -0.3 is 5.32 Å². The highest BCUT2D eigenvalue weighted by Gasteiger charge is 2.20. The molecule has 1 saturated carbocycles. The van der Waals surface area contributed by atoms with Crippen LogP contribution in [-0.2, 0) is 4.79 Å². The first-order chi connectivity index (χ1) is 10.5. The number of hydrogen-bond acceptors (Lipinski definition) is 3. The normalized spacial score (nSPS) is 18.9. The zero-order chi connectivity index (χ0) is 16.1. The van der Waals surface area contributed by atoms with Crippen LogP contribution < -0.4 is 10.6 Å². The molecule has 0 aliphatic heterocycles. The zero-order valence-electron chi connectivity index (χ0n) is 14.4. The lowest BCUT2D eigenvalue weighted by molar-refractivity contribution is -0.123. The Morgan fingerprint density at radius 1 is 1.27 bits per heavy atom. The summed E-state index contributed by atoms with van der Waals surface area (Å²) in [6.45, 7) is 9.23. The van der Waals surface area contributed by atoms with E-state index in [0.717, 1.165) is 6.54 Å². The number of carbonyl (C=O) groups is 1. The van der Waals surface area contributed by atoms with E-state index in [1.807, 2.05) is 18.3 Å². The van der Waals surface area contributed by atoms with Crippen LogP contribution in [0.4, 0.5) is 0 Å². The summed E-state index contributed by atoms with van der Waals surface area (Å²) in [6.07, 6.45) is 6.54. The standard InChI is InChI=1S/C18H30N2OS/c1-12-10-17(15(4)22-12)13(2)20-14(3)18(21)19-11-16-8-6-5-7-9-16/h10,13-14,16,20H,5-9,11H2,1-4H3,(H,19,21). The SMILES string of the molecule is Cc1cc(C(C)NC(C)C(=O)NCC2CCCCC2)c(C)s1. The summed E-state index contributed by atoms with van der Waals surface area (Å²) in [4.78, 5) is 14.9. The average molecular weight is 323 g/mol. The van der Waals surface area contributed by atoms with Crippen LogP contribution in [0.2, 0.25) is 0 Å². The van der Waals surface area contributed by atoms with Crippen molar-refractivity contribution in [2.45, 2.75) is 71.9 Å². The number of thiophene rings is 1. The van der Waals surface area contributed by atoms with E-state index in [0.29, 0.717) is 5.92 Å². The minimum absolute atomic E-state index is 0.127. The lowest BCUT2D eigenvalue weighted by atomic mass is 9.89. The molecular weight excluding hydrogens is 292 g/mol. The average Bonchev–Trinajstić information content (AvgIpc) is 2.84. The molecule has 2 atom stereocenters. The maximum atomic E-state index is 12.3. The zero-order valence-corrected chi connectivity index (χ0v) is 15.2. The Labute approximate surface area is 138 Å². The molecule has 1 heterocycles. The summed E-state index contributed by atoms with van der Waals surface area (Å²) in [5.41, 5.74) is 1.31. The third-order valence-corrected chi connectivity index (χ3v) is 5.71. The Hall–Kier alpha value is -0.870. The van der Waals surface area contributed by atoms with Gasteiger partial charge in [0.1, 0.15) is 0 Å². The van der Waals surface area contributed by atoms with E-state index in [9.17, 15) is 4.79 Å². The summed E-state index contributed by atoms with van der Waals surface area (Å²) in [5, 5.41) is 6.56. The molecule has 0 aromatic carbocycles. The van der Waals surface area contributed by atoms with Crippen LogP contribution in [0, 0.1) is 19.8 Å². The van der Waals surface area contributed by atoms with Gasteiger partial charge in [0.2, 0.25) is 5.91 Å². The maximum absolute atomic E-state index is 12.3.